The molecule has 3 rings (SSSR count). The highest BCUT2D eigenvalue weighted by Gasteiger charge is 2.22. The fourth-order valence-corrected chi connectivity index (χ4v) is 3.56. The van der Waals surface area contributed by atoms with E-state index in [1.54, 1.807) is 13.0 Å². The summed E-state index contributed by atoms with van der Waals surface area (Å²) < 4.78 is 62.1. The van der Waals surface area contributed by atoms with Gasteiger partial charge in [0.1, 0.15) is 4.90 Å². The first kappa shape index (κ1) is 24.5. The second-order valence-corrected chi connectivity index (χ2v) is 9.01. The summed E-state index contributed by atoms with van der Waals surface area (Å²) in [4.78, 5) is 19.7. The third kappa shape index (κ3) is 5.70. The molecule has 0 aliphatic heterocycles. The number of nitro benzene ring substituents is 1. The number of nitrogens with zero attached hydrogens (tertiary/aromatic N) is 2. The van der Waals surface area contributed by atoms with Crippen molar-refractivity contribution in [1.29, 1.82) is 0 Å². The van der Waals surface area contributed by atoms with E-state index >= 15 is 0 Å². The summed E-state index contributed by atoms with van der Waals surface area (Å²) in [6.45, 7) is 1.71. The third-order valence-electron chi connectivity index (χ3n) is 3.80. The van der Waals surface area contributed by atoms with E-state index in [4.69, 9.17) is 19.9 Å². The van der Waals surface area contributed by atoms with Gasteiger partial charge >= 0.3 is 0 Å². The van der Waals surface area contributed by atoms with Crippen molar-refractivity contribution in [3.8, 4) is 11.4 Å². The van der Waals surface area contributed by atoms with E-state index in [1.807, 2.05) is 0 Å². The summed E-state index contributed by atoms with van der Waals surface area (Å²) in [5.41, 5.74) is 4.69. The zero-order valence-corrected chi connectivity index (χ0v) is 17.7. The van der Waals surface area contributed by atoms with Gasteiger partial charge in [-0.15, -0.1) is 0 Å². The fourth-order valence-electron chi connectivity index (χ4n) is 2.40. The highest BCUT2D eigenvalue weighted by molar-refractivity contribution is 7.86. The number of rotatable bonds is 4. The zero-order chi connectivity index (χ0) is 24.4. The topological polar surface area (TPSA) is 236 Å². The number of phenolic OH excluding ortho intramolecular Hbond substituents is 1. The number of benzene rings is 2. The third-order valence-corrected chi connectivity index (χ3v) is 5.52. The molecular weight excluding hydrogens is 472 g/mol. The van der Waals surface area contributed by atoms with E-state index in [2.05, 4.69) is 5.10 Å². The maximum atomic E-state index is 11.5. The highest BCUT2D eigenvalue weighted by Crippen LogP contribution is 2.33. The number of nitro groups is 1. The van der Waals surface area contributed by atoms with Gasteiger partial charge in [-0.2, -0.15) is 16.8 Å². The molecule has 0 bridgehead atoms. The predicted octanol–water partition coefficient (Wildman–Crippen LogP) is 0.850. The van der Waals surface area contributed by atoms with Gasteiger partial charge in [0.05, 0.1) is 21.2 Å². The molecule has 0 atom stereocenters. The van der Waals surface area contributed by atoms with Crippen LogP contribution in [0.5, 0.6) is 5.75 Å². The molecule has 0 aliphatic rings. The Morgan fingerprint density at radius 2 is 1.69 bits per heavy atom. The van der Waals surface area contributed by atoms with Crippen molar-refractivity contribution in [3.05, 3.63) is 68.6 Å². The van der Waals surface area contributed by atoms with Crippen molar-refractivity contribution >= 4 is 31.6 Å². The van der Waals surface area contributed by atoms with Crippen LogP contribution in [0.2, 0.25) is 0 Å². The van der Waals surface area contributed by atoms with Gasteiger partial charge in [-0.3, -0.25) is 29.1 Å². The lowest BCUT2D eigenvalue weighted by Gasteiger charge is -2.03. The normalized spacial score (nSPS) is 11.5. The van der Waals surface area contributed by atoms with Gasteiger partial charge in [-0.25, -0.2) is 4.68 Å². The summed E-state index contributed by atoms with van der Waals surface area (Å²) in [7, 11) is -9.02. The Bertz CT molecular complexity index is 1460. The molecule has 3 aromatic rings. The Morgan fingerprint density at radius 3 is 2.16 bits per heavy atom. The molecule has 14 nitrogen and oxygen atoms in total. The number of H-pyrrole nitrogens is 1. The first-order chi connectivity index (χ1) is 14.6. The van der Waals surface area contributed by atoms with E-state index < -0.39 is 47.2 Å². The van der Waals surface area contributed by atoms with Crippen LogP contribution in [0.3, 0.4) is 0 Å². The van der Waals surface area contributed by atoms with Crippen molar-refractivity contribution in [2.75, 3.05) is 5.73 Å². The number of hydrogen-bond donors (Lipinski definition) is 5. The molecule has 1 heterocycles. The lowest BCUT2D eigenvalue weighted by Crippen LogP contribution is -2.14. The number of anilines is 1. The van der Waals surface area contributed by atoms with Crippen LogP contribution in [0.4, 0.5) is 11.4 Å². The Kier molecular flexibility index (Phi) is 6.74. The maximum absolute atomic E-state index is 11.5. The number of aromatic hydroxyl groups is 1. The molecule has 1 aromatic heterocycles. The minimum atomic E-state index is -4.75. The molecule has 2 aromatic carbocycles. The molecule has 0 saturated heterocycles. The van der Waals surface area contributed by atoms with Crippen LogP contribution < -0.4 is 11.3 Å². The molecule has 0 aliphatic carbocycles. The molecule has 0 saturated carbocycles. The van der Waals surface area contributed by atoms with E-state index in [-0.39, 0.29) is 10.5 Å². The molecule has 172 valence electrons. The summed E-state index contributed by atoms with van der Waals surface area (Å²) in [5, 5.41) is 22.3. The molecule has 16 heteroatoms. The van der Waals surface area contributed by atoms with Crippen molar-refractivity contribution in [2.45, 2.75) is 16.7 Å². The van der Waals surface area contributed by atoms with Gasteiger partial charge in [0, 0.05) is 23.9 Å². The monoisotopic (exact) mass is 488 g/mol. The first-order valence-corrected chi connectivity index (χ1v) is 11.1. The first-order valence-electron chi connectivity index (χ1n) is 8.22. The number of nitrogen functional groups attached to an aromatic ring is 1. The average molecular weight is 488 g/mol. The quantitative estimate of drug-likeness (QED) is 0.113. The molecule has 0 fully saturated rings. The van der Waals surface area contributed by atoms with Gasteiger partial charge < -0.3 is 10.8 Å². The molecule has 0 spiro atoms. The SMILES string of the molecule is Cc1cc(=O)n(-c2cccc(S(=O)(=O)O)c2)[nH]1.Nc1cc([N+](=O)[O-])cc(S(=O)(=O)O)c1O. The van der Waals surface area contributed by atoms with E-state index in [1.165, 1.54) is 28.9 Å². The van der Waals surface area contributed by atoms with Crippen molar-refractivity contribution in [3.63, 3.8) is 0 Å². The Hall–Kier alpha value is -3.73. The minimum Gasteiger partial charge on any atom is -0.504 e. The van der Waals surface area contributed by atoms with Crippen LogP contribution in [-0.2, 0) is 20.2 Å². The van der Waals surface area contributed by atoms with E-state index in [9.17, 15) is 31.7 Å². The smallest absolute Gasteiger partial charge is 0.298 e. The number of aryl methyl sites for hydroxylation is 1. The van der Waals surface area contributed by atoms with Crippen LogP contribution in [0.1, 0.15) is 5.69 Å². The molecule has 0 radical (unpaired) electrons. The molecule has 6 N–H and O–H groups in total. The Balaban J connectivity index is 0.000000229. The maximum Gasteiger partial charge on any atom is 0.298 e. The van der Waals surface area contributed by atoms with Gasteiger partial charge in [0.2, 0.25) is 0 Å². The number of nitrogens with two attached hydrogens (primary N) is 1. The van der Waals surface area contributed by atoms with Crippen LogP contribution in [0, 0.1) is 17.0 Å². The standard InChI is InChI=1S/C10H10N2O4S.C6H6N2O6S/c1-7-5-10(13)12(11-7)8-3-2-4-9(6-8)17(14,15)16;7-4-1-3(8(10)11)2-5(6(4)9)15(12,13)14/h2-6,11H,1H3,(H,14,15,16);1-2,9H,7H2,(H,12,13,14). The number of hydrogen-bond acceptors (Lipinski definition) is 9. The average Bonchev–Trinajstić information content (AvgIpc) is 3.01. The second-order valence-electron chi connectivity index (χ2n) is 6.20. The fraction of sp³-hybridized carbons (Fsp3) is 0.0625. The lowest BCUT2D eigenvalue weighted by molar-refractivity contribution is -0.385. The molecule has 0 amide bonds. The minimum absolute atomic E-state index is 0.255. The summed E-state index contributed by atoms with van der Waals surface area (Å²) in [6.07, 6.45) is 0. The van der Waals surface area contributed by atoms with Crippen molar-refractivity contribution < 1.29 is 36.0 Å². The summed E-state index contributed by atoms with van der Waals surface area (Å²) in [5.74, 6) is -0.914. The lowest BCUT2D eigenvalue weighted by atomic mass is 10.2. The summed E-state index contributed by atoms with van der Waals surface area (Å²) >= 11 is 0. The molecular formula is C16H16N4O10S2. The number of phenols is 1. The van der Waals surface area contributed by atoms with E-state index in [0.29, 0.717) is 17.4 Å². The van der Waals surface area contributed by atoms with Crippen LogP contribution in [0.15, 0.2) is 57.1 Å². The van der Waals surface area contributed by atoms with Gasteiger partial charge in [-0.05, 0) is 25.1 Å². The van der Waals surface area contributed by atoms with Crippen LogP contribution >= 0.6 is 0 Å². The van der Waals surface area contributed by atoms with Gasteiger partial charge in [0.15, 0.2) is 5.75 Å². The van der Waals surface area contributed by atoms with Crippen molar-refractivity contribution in [1.82, 2.24) is 9.78 Å². The Labute approximate surface area is 180 Å². The van der Waals surface area contributed by atoms with Crippen LogP contribution in [-0.4, -0.2) is 45.8 Å². The molecule has 0 unspecified atom stereocenters. The van der Waals surface area contributed by atoms with Gasteiger partial charge in [-0.1, -0.05) is 6.07 Å². The molecule has 32 heavy (non-hydrogen) atoms. The second kappa shape index (κ2) is 8.79. The highest BCUT2D eigenvalue weighted by atomic mass is 32.2. The van der Waals surface area contributed by atoms with Gasteiger partial charge in [0.25, 0.3) is 31.5 Å². The Morgan fingerprint density at radius 1 is 1.06 bits per heavy atom. The predicted molar refractivity (Wildman–Crippen MR) is 110 cm³/mol. The zero-order valence-electron chi connectivity index (χ0n) is 16.0. The largest absolute Gasteiger partial charge is 0.504 e. The summed E-state index contributed by atoms with van der Waals surface area (Å²) in [6, 6.07) is 8.16. The number of nitrogens with one attached hydrogen (secondary N) is 1. The number of non-ortho nitro benzene ring substituents is 1. The van der Waals surface area contributed by atoms with E-state index in [0.717, 1.165) is 6.07 Å². The number of aromatic nitrogens is 2. The number of aromatic amines is 1. The van der Waals surface area contributed by atoms with Crippen molar-refractivity contribution in [2.24, 2.45) is 0 Å². The van der Waals surface area contributed by atoms with Crippen LogP contribution in [0.25, 0.3) is 5.69 Å².